The van der Waals surface area contributed by atoms with E-state index in [-0.39, 0.29) is 11.3 Å². The number of aromatic carboxylic acids is 1. The third-order valence-electron chi connectivity index (χ3n) is 4.34. The zero-order valence-electron chi connectivity index (χ0n) is 16.2. The minimum atomic E-state index is -1.43. The maximum Gasteiger partial charge on any atom is 0.338 e. The van der Waals surface area contributed by atoms with Crippen molar-refractivity contribution in [2.45, 2.75) is 25.3 Å². The van der Waals surface area contributed by atoms with Gasteiger partial charge < -0.3 is 26.2 Å². The Labute approximate surface area is 169 Å². The van der Waals surface area contributed by atoms with Gasteiger partial charge in [0.1, 0.15) is 0 Å². The summed E-state index contributed by atoms with van der Waals surface area (Å²) in [7, 11) is 1.14. The quantitative estimate of drug-likeness (QED) is 0.259. The second-order valence-corrected chi connectivity index (χ2v) is 6.44. The van der Waals surface area contributed by atoms with Crippen LogP contribution in [0.3, 0.4) is 0 Å². The highest BCUT2D eigenvalue weighted by atomic mass is 16.5. The van der Waals surface area contributed by atoms with E-state index < -0.39 is 23.9 Å². The lowest BCUT2D eigenvalue weighted by Crippen LogP contribution is -2.43. The smallest absolute Gasteiger partial charge is 0.338 e. The van der Waals surface area contributed by atoms with Crippen LogP contribution in [0, 0.1) is 0 Å². The maximum absolute atomic E-state index is 11.8. The normalized spacial score (nSPS) is 11.3. The first kappa shape index (κ1) is 21.7. The molecule has 0 saturated carbocycles. The Morgan fingerprint density at radius 2 is 1.79 bits per heavy atom. The molecule has 29 heavy (non-hydrogen) atoms. The van der Waals surface area contributed by atoms with Gasteiger partial charge in [0.25, 0.3) is 5.91 Å². The number of carboxylic acid groups (broad SMARTS) is 1. The second kappa shape index (κ2) is 10.7. The first-order valence-corrected chi connectivity index (χ1v) is 9.21. The molecule has 1 unspecified atom stereocenters. The van der Waals surface area contributed by atoms with Crippen molar-refractivity contribution < 1.29 is 24.2 Å². The van der Waals surface area contributed by atoms with Crippen molar-refractivity contribution in [3.8, 4) is 0 Å². The molecule has 8 nitrogen and oxygen atoms in total. The number of benzene rings is 2. The molecule has 0 fully saturated rings. The van der Waals surface area contributed by atoms with Gasteiger partial charge in [-0.05, 0) is 43.0 Å². The molecule has 0 radical (unpaired) electrons. The van der Waals surface area contributed by atoms with Crippen LogP contribution in [0.5, 0.6) is 0 Å². The Morgan fingerprint density at radius 3 is 2.41 bits per heavy atom. The van der Waals surface area contributed by atoms with E-state index in [1.807, 2.05) is 18.2 Å². The van der Waals surface area contributed by atoms with Crippen LogP contribution in [-0.2, 0) is 20.7 Å². The van der Waals surface area contributed by atoms with Gasteiger partial charge in [-0.15, -0.1) is 0 Å². The Morgan fingerprint density at radius 1 is 1.07 bits per heavy atom. The predicted octanol–water partition coefficient (Wildman–Crippen LogP) is 2.26. The lowest BCUT2D eigenvalue weighted by molar-refractivity contribution is -0.144. The van der Waals surface area contributed by atoms with E-state index in [1.54, 1.807) is 6.07 Å². The van der Waals surface area contributed by atoms with Gasteiger partial charge in [0.05, 0.1) is 24.0 Å². The maximum atomic E-state index is 11.8. The van der Waals surface area contributed by atoms with Gasteiger partial charge >= 0.3 is 11.9 Å². The molecule has 2 rings (SSSR count). The fourth-order valence-electron chi connectivity index (χ4n) is 2.79. The van der Waals surface area contributed by atoms with Crippen LogP contribution < -0.4 is 16.4 Å². The highest BCUT2D eigenvalue weighted by molar-refractivity contribution is 6.04. The lowest BCUT2D eigenvalue weighted by atomic mass is 10.1. The van der Waals surface area contributed by atoms with Gasteiger partial charge in [-0.2, -0.15) is 0 Å². The van der Waals surface area contributed by atoms with E-state index >= 15 is 0 Å². The van der Waals surface area contributed by atoms with Crippen molar-refractivity contribution in [2.24, 2.45) is 5.73 Å². The van der Waals surface area contributed by atoms with Gasteiger partial charge in [-0.1, -0.05) is 30.3 Å². The highest BCUT2D eigenvalue weighted by Crippen LogP contribution is 2.25. The van der Waals surface area contributed by atoms with E-state index in [0.29, 0.717) is 12.2 Å². The molecular formula is C21H25N3O5. The molecule has 0 spiro atoms. The Balaban J connectivity index is 2.04. The minimum Gasteiger partial charge on any atom is -0.478 e. The van der Waals surface area contributed by atoms with E-state index in [2.05, 4.69) is 27.5 Å². The summed E-state index contributed by atoms with van der Waals surface area (Å²) in [6.45, 7) is 0.632. The van der Waals surface area contributed by atoms with E-state index in [1.165, 1.54) is 17.7 Å². The van der Waals surface area contributed by atoms with Crippen LogP contribution in [0.25, 0.3) is 0 Å². The summed E-state index contributed by atoms with van der Waals surface area (Å²) < 4.78 is 4.58. The van der Waals surface area contributed by atoms with Crippen LogP contribution in [0.4, 0.5) is 11.4 Å². The number of rotatable bonds is 11. The van der Waals surface area contributed by atoms with Crippen LogP contribution in [0.1, 0.15) is 28.8 Å². The van der Waals surface area contributed by atoms with Gasteiger partial charge in [-0.3, -0.25) is 4.79 Å². The third-order valence-corrected chi connectivity index (χ3v) is 4.34. The first-order valence-electron chi connectivity index (χ1n) is 9.21. The number of carbonyl (C=O) groups is 3. The van der Waals surface area contributed by atoms with Crippen LogP contribution in [0.15, 0.2) is 48.5 Å². The number of ether oxygens (including phenoxy) is 1. The molecule has 2 aromatic rings. The Bertz CT molecular complexity index is 855. The van der Waals surface area contributed by atoms with Crippen molar-refractivity contribution in [1.29, 1.82) is 0 Å². The van der Waals surface area contributed by atoms with Gasteiger partial charge in [0, 0.05) is 6.54 Å². The van der Waals surface area contributed by atoms with E-state index in [9.17, 15) is 19.5 Å². The third kappa shape index (κ3) is 6.53. The first-order chi connectivity index (χ1) is 13.9. The van der Waals surface area contributed by atoms with Crippen LogP contribution >= 0.6 is 0 Å². The number of unbranched alkanes of at least 4 members (excludes halogenated alkanes) is 1. The Hall–Kier alpha value is -3.55. The van der Waals surface area contributed by atoms with E-state index in [0.717, 1.165) is 26.4 Å². The zero-order valence-corrected chi connectivity index (χ0v) is 16.2. The molecule has 0 aliphatic heterocycles. The van der Waals surface area contributed by atoms with Crippen molar-refractivity contribution in [2.75, 3.05) is 24.3 Å². The largest absolute Gasteiger partial charge is 0.478 e. The van der Waals surface area contributed by atoms with Crippen LogP contribution in [-0.4, -0.2) is 42.6 Å². The number of methoxy groups -OCH3 is 1. The van der Waals surface area contributed by atoms with Crippen molar-refractivity contribution in [1.82, 2.24) is 0 Å². The SMILES string of the molecule is COC(=O)C(Nc1cc(C(=O)O)ccc1NCCCCc1ccccc1)C(N)=O. The van der Waals surface area contributed by atoms with E-state index in [4.69, 9.17) is 5.73 Å². The fourth-order valence-corrected chi connectivity index (χ4v) is 2.79. The van der Waals surface area contributed by atoms with Crippen molar-refractivity contribution in [3.05, 3.63) is 59.7 Å². The molecule has 0 aromatic heterocycles. The summed E-state index contributed by atoms with van der Waals surface area (Å²) in [5.74, 6) is -2.91. The van der Waals surface area contributed by atoms with Crippen molar-refractivity contribution >= 4 is 29.2 Å². The standard InChI is InChI=1S/C21H25N3O5/c1-29-21(28)18(19(22)25)24-17-13-15(20(26)27)10-11-16(17)23-12-6-5-9-14-7-3-2-4-8-14/h2-4,7-8,10-11,13,18,23-24H,5-6,9,12H2,1H3,(H2,22,25)(H,26,27). The molecular weight excluding hydrogens is 374 g/mol. The summed E-state index contributed by atoms with van der Waals surface area (Å²) in [5, 5.41) is 15.1. The molecule has 0 aliphatic rings. The summed E-state index contributed by atoms with van der Waals surface area (Å²) in [5.41, 5.74) is 7.38. The molecule has 8 heteroatoms. The average molecular weight is 399 g/mol. The minimum absolute atomic E-state index is 0.00946. The van der Waals surface area contributed by atoms with Gasteiger partial charge in [-0.25, -0.2) is 9.59 Å². The number of carbonyl (C=O) groups excluding carboxylic acids is 2. The number of hydrogen-bond acceptors (Lipinski definition) is 6. The molecule has 5 N–H and O–H groups in total. The summed E-state index contributed by atoms with van der Waals surface area (Å²) in [6, 6.07) is 13.1. The Kier molecular flexibility index (Phi) is 8.02. The number of primary amides is 1. The molecule has 0 saturated heterocycles. The second-order valence-electron chi connectivity index (χ2n) is 6.44. The van der Waals surface area contributed by atoms with Crippen LogP contribution in [0.2, 0.25) is 0 Å². The molecule has 0 heterocycles. The number of nitrogens with two attached hydrogens (primary N) is 1. The molecule has 2 aromatic carbocycles. The number of anilines is 2. The number of nitrogens with one attached hydrogen (secondary N) is 2. The van der Waals surface area contributed by atoms with Gasteiger partial charge in [0.2, 0.25) is 6.04 Å². The molecule has 154 valence electrons. The molecule has 1 atom stereocenters. The van der Waals surface area contributed by atoms with Crippen molar-refractivity contribution in [3.63, 3.8) is 0 Å². The molecule has 0 aliphatic carbocycles. The summed E-state index contributed by atoms with van der Waals surface area (Å²) in [4.78, 5) is 34.7. The number of hydrogen-bond donors (Lipinski definition) is 4. The number of aryl methyl sites for hydroxylation is 1. The predicted molar refractivity (Wildman–Crippen MR) is 110 cm³/mol. The highest BCUT2D eigenvalue weighted by Gasteiger charge is 2.26. The fraction of sp³-hybridized carbons (Fsp3) is 0.286. The average Bonchev–Trinajstić information content (AvgIpc) is 2.72. The lowest BCUT2D eigenvalue weighted by Gasteiger charge is -2.19. The number of carboxylic acids is 1. The monoisotopic (exact) mass is 399 g/mol. The van der Waals surface area contributed by atoms with Gasteiger partial charge in [0.15, 0.2) is 0 Å². The molecule has 0 bridgehead atoms. The molecule has 1 amide bonds. The topological polar surface area (TPSA) is 131 Å². The summed E-state index contributed by atoms with van der Waals surface area (Å²) in [6.07, 6.45) is 2.81. The zero-order chi connectivity index (χ0) is 21.2. The number of esters is 1. The number of amides is 1. The summed E-state index contributed by atoms with van der Waals surface area (Å²) >= 11 is 0.